The molecule has 0 spiro atoms. The van der Waals surface area contributed by atoms with Gasteiger partial charge in [-0.05, 0) is 13.3 Å². The van der Waals surface area contributed by atoms with Gasteiger partial charge in [-0.15, -0.1) is 0 Å². The highest BCUT2D eigenvalue weighted by molar-refractivity contribution is 6.12. The summed E-state index contributed by atoms with van der Waals surface area (Å²) in [5.74, 6) is -1.65. The Morgan fingerprint density at radius 2 is 1.95 bits per heavy atom. The summed E-state index contributed by atoms with van der Waals surface area (Å²) in [6.07, 6.45) is -8.72. The fraction of sp³-hybridized carbons (Fsp3) is 0.538. The third kappa shape index (κ3) is 3.41. The maximum absolute atomic E-state index is 13.0. The smallest absolute Gasteiger partial charge is 0.433 e. The molecule has 0 N–H and O–H groups in total. The van der Waals surface area contributed by atoms with Gasteiger partial charge in [0.25, 0.3) is 6.43 Å². The van der Waals surface area contributed by atoms with E-state index >= 15 is 0 Å². The lowest BCUT2D eigenvalue weighted by Crippen LogP contribution is -2.33. The van der Waals surface area contributed by atoms with Gasteiger partial charge in [0.15, 0.2) is 5.70 Å². The molecule has 1 heterocycles. The SMILES string of the molecule is CCOC(=O)C1=C(C(F)(F)F)N=C(C(F)F)C(=C=O)C1CC. The average Bonchev–Trinajstić information content (AvgIpc) is 2.43. The summed E-state index contributed by atoms with van der Waals surface area (Å²) in [7, 11) is 0. The monoisotopic (exact) mass is 325 g/mol. The van der Waals surface area contributed by atoms with Crippen LogP contribution in [-0.4, -0.2) is 36.8 Å². The molecule has 0 saturated carbocycles. The number of nitrogens with zero attached hydrogens (tertiary/aromatic N) is 1. The van der Waals surface area contributed by atoms with Crippen molar-refractivity contribution in [3.63, 3.8) is 0 Å². The van der Waals surface area contributed by atoms with E-state index in [0.717, 1.165) is 0 Å². The summed E-state index contributed by atoms with van der Waals surface area (Å²) in [5, 5.41) is 0. The van der Waals surface area contributed by atoms with E-state index in [9.17, 15) is 31.5 Å². The van der Waals surface area contributed by atoms with Crippen LogP contribution in [0, 0.1) is 5.92 Å². The number of hydrogen-bond acceptors (Lipinski definition) is 4. The predicted octanol–water partition coefficient (Wildman–Crippen LogP) is 2.87. The summed E-state index contributed by atoms with van der Waals surface area (Å²) < 4.78 is 69.4. The van der Waals surface area contributed by atoms with Crippen molar-refractivity contribution in [3.8, 4) is 0 Å². The van der Waals surface area contributed by atoms with Crippen LogP contribution >= 0.6 is 0 Å². The molecule has 0 aliphatic carbocycles. The molecular weight excluding hydrogens is 313 g/mol. The van der Waals surface area contributed by atoms with Gasteiger partial charge in [-0.1, -0.05) is 6.92 Å². The molecule has 0 saturated heterocycles. The lowest BCUT2D eigenvalue weighted by atomic mass is 9.83. The molecule has 1 aliphatic heterocycles. The van der Waals surface area contributed by atoms with Crippen LogP contribution in [-0.2, 0) is 14.3 Å². The Bertz CT molecular complexity index is 571. The van der Waals surface area contributed by atoms with E-state index in [1.165, 1.54) is 19.8 Å². The fourth-order valence-electron chi connectivity index (χ4n) is 2.09. The zero-order valence-corrected chi connectivity index (χ0v) is 11.6. The zero-order valence-electron chi connectivity index (χ0n) is 11.6. The van der Waals surface area contributed by atoms with Gasteiger partial charge in [-0.3, -0.25) is 0 Å². The Morgan fingerprint density at radius 3 is 2.32 bits per heavy atom. The fourth-order valence-corrected chi connectivity index (χ4v) is 2.09. The molecule has 0 aromatic carbocycles. The molecule has 1 atom stereocenters. The number of carbonyl (C=O) groups excluding carboxylic acids is 2. The van der Waals surface area contributed by atoms with Crippen LogP contribution < -0.4 is 0 Å². The molecule has 1 unspecified atom stereocenters. The topological polar surface area (TPSA) is 55.7 Å². The van der Waals surface area contributed by atoms with Crippen LogP contribution in [0.3, 0.4) is 0 Å². The van der Waals surface area contributed by atoms with Crippen LogP contribution in [0.4, 0.5) is 22.0 Å². The molecule has 0 bridgehead atoms. The molecule has 1 rings (SSSR count). The second-order valence-electron chi connectivity index (χ2n) is 4.25. The Balaban J connectivity index is 3.68. The van der Waals surface area contributed by atoms with Crippen LogP contribution in [0.5, 0.6) is 0 Å². The zero-order chi connectivity index (χ0) is 17.1. The Morgan fingerprint density at radius 1 is 1.36 bits per heavy atom. The quantitative estimate of drug-likeness (QED) is 0.454. The molecule has 0 aromatic heterocycles. The summed E-state index contributed by atoms with van der Waals surface area (Å²) in [6, 6.07) is 0. The molecule has 0 amide bonds. The molecule has 0 aromatic rings. The second kappa shape index (κ2) is 6.83. The molecule has 0 fully saturated rings. The van der Waals surface area contributed by atoms with E-state index in [2.05, 4.69) is 9.73 Å². The predicted molar refractivity (Wildman–Crippen MR) is 66.1 cm³/mol. The van der Waals surface area contributed by atoms with Gasteiger partial charge in [0, 0.05) is 5.92 Å². The van der Waals surface area contributed by atoms with E-state index in [4.69, 9.17) is 0 Å². The molecular formula is C13H12F5NO3. The molecule has 9 heteroatoms. The first-order chi connectivity index (χ1) is 10.2. The van der Waals surface area contributed by atoms with Crippen molar-refractivity contribution in [2.45, 2.75) is 32.9 Å². The van der Waals surface area contributed by atoms with Crippen LogP contribution in [0.25, 0.3) is 0 Å². The van der Waals surface area contributed by atoms with Gasteiger partial charge >= 0.3 is 12.1 Å². The number of esters is 1. The first-order valence-electron chi connectivity index (χ1n) is 6.29. The third-order valence-corrected chi connectivity index (χ3v) is 2.95. The standard InChI is InChI=1S/C13H12F5NO3/c1-3-6-7(5-20)9(11(14)15)19-10(13(16,17)18)8(6)12(21)22-4-2/h6,11H,3-4H2,1-2H3. The highest BCUT2D eigenvalue weighted by Crippen LogP contribution is 2.40. The minimum absolute atomic E-state index is 0.190. The Hall–Kier alpha value is -2.02. The van der Waals surface area contributed by atoms with Crippen LogP contribution in [0.1, 0.15) is 20.3 Å². The number of carbonyl (C=O) groups is 1. The Kier molecular flexibility index (Phi) is 5.59. The number of alkyl halides is 5. The normalized spacial score (nSPS) is 19.2. The third-order valence-electron chi connectivity index (χ3n) is 2.95. The van der Waals surface area contributed by atoms with Gasteiger partial charge in [0.1, 0.15) is 11.7 Å². The largest absolute Gasteiger partial charge is 0.463 e. The van der Waals surface area contributed by atoms with Gasteiger partial charge < -0.3 is 4.74 Å². The molecule has 122 valence electrons. The summed E-state index contributed by atoms with van der Waals surface area (Å²) in [6.45, 7) is 2.51. The number of aliphatic imine (C=N–C) groups is 1. The van der Waals surface area contributed by atoms with Gasteiger partial charge in [-0.25, -0.2) is 23.4 Å². The van der Waals surface area contributed by atoms with E-state index in [1.54, 1.807) is 0 Å². The van der Waals surface area contributed by atoms with Crippen molar-refractivity contribution < 1.29 is 36.3 Å². The van der Waals surface area contributed by atoms with Crippen molar-refractivity contribution in [1.82, 2.24) is 0 Å². The first-order valence-corrected chi connectivity index (χ1v) is 6.29. The second-order valence-corrected chi connectivity index (χ2v) is 4.25. The maximum Gasteiger partial charge on any atom is 0.433 e. The van der Waals surface area contributed by atoms with Gasteiger partial charge in [0.2, 0.25) is 0 Å². The Labute approximate surface area is 122 Å². The van der Waals surface area contributed by atoms with Crippen LogP contribution in [0.15, 0.2) is 21.8 Å². The first kappa shape index (κ1) is 18.0. The molecule has 0 radical (unpaired) electrons. The molecule has 1 aliphatic rings. The van der Waals surface area contributed by atoms with Crippen LogP contribution in [0.2, 0.25) is 0 Å². The van der Waals surface area contributed by atoms with E-state index in [-0.39, 0.29) is 13.0 Å². The lowest BCUT2D eigenvalue weighted by Gasteiger charge is -2.26. The van der Waals surface area contributed by atoms with E-state index < -0.39 is 47.0 Å². The minimum Gasteiger partial charge on any atom is -0.463 e. The minimum atomic E-state index is -5.13. The number of ether oxygens (including phenoxy) is 1. The number of halogens is 5. The summed E-state index contributed by atoms with van der Waals surface area (Å²) in [5.41, 5.74) is -4.78. The van der Waals surface area contributed by atoms with Gasteiger partial charge in [0.05, 0.1) is 17.8 Å². The molecule has 22 heavy (non-hydrogen) atoms. The summed E-state index contributed by atoms with van der Waals surface area (Å²) in [4.78, 5) is 25.5. The van der Waals surface area contributed by atoms with Crippen molar-refractivity contribution in [1.29, 1.82) is 0 Å². The van der Waals surface area contributed by atoms with Crippen molar-refractivity contribution in [3.05, 3.63) is 16.8 Å². The number of hydrogen-bond donors (Lipinski definition) is 0. The number of rotatable bonds is 4. The average molecular weight is 325 g/mol. The molecule has 4 nitrogen and oxygen atoms in total. The maximum atomic E-state index is 13.0. The summed E-state index contributed by atoms with van der Waals surface area (Å²) >= 11 is 0. The van der Waals surface area contributed by atoms with E-state index in [1.807, 2.05) is 0 Å². The highest BCUT2D eigenvalue weighted by Gasteiger charge is 2.47. The highest BCUT2D eigenvalue weighted by atomic mass is 19.4. The van der Waals surface area contributed by atoms with Crippen molar-refractivity contribution in [2.75, 3.05) is 6.61 Å². The van der Waals surface area contributed by atoms with Crippen molar-refractivity contribution in [2.24, 2.45) is 10.9 Å². The lowest BCUT2D eigenvalue weighted by molar-refractivity contribution is -0.140. The van der Waals surface area contributed by atoms with Crippen molar-refractivity contribution >= 4 is 17.6 Å². The van der Waals surface area contributed by atoms with Gasteiger partial charge in [-0.2, -0.15) is 13.2 Å². The number of allylic oxidation sites excluding steroid dienone is 2. The van der Waals surface area contributed by atoms with E-state index in [0.29, 0.717) is 0 Å².